The summed E-state index contributed by atoms with van der Waals surface area (Å²) >= 11 is 0. The number of ether oxygens (including phenoxy) is 2. The van der Waals surface area contributed by atoms with Crippen molar-refractivity contribution in [1.29, 1.82) is 0 Å². The molecule has 1 aromatic rings. The first-order valence-electron chi connectivity index (χ1n) is 9.11. The van der Waals surface area contributed by atoms with E-state index in [4.69, 9.17) is 9.47 Å². The largest absolute Gasteiger partial charge is 0.463 e. The average molecular weight is 370 g/mol. The zero-order valence-electron chi connectivity index (χ0n) is 14.7. The summed E-state index contributed by atoms with van der Waals surface area (Å²) in [6, 6.07) is 8.54. The van der Waals surface area contributed by atoms with Gasteiger partial charge in [0, 0.05) is 6.54 Å². The lowest BCUT2D eigenvalue weighted by Gasteiger charge is -2.35. The highest BCUT2D eigenvalue weighted by Crippen LogP contribution is 2.63. The molecule has 0 unspecified atom stereocenters. The Balaban J connectivity index is 1.68. The summed E-state index contributed by atoms with van der Waals surface area (Å²) in [5, 5.41) is 0. The molecule has 5 rings (SSSR count). The van der Waals surface area contributed by atoms with E-state index in [9.17, 15) is 19.2 Å². The molecular formula is C19H18N2O6. The van der Waals surface area contributed by atoms with Crippen molar-refractivity contribution in [2.75, 3.05) is 18.1 Å². The van der Waals surface area contributed by atoms with Crippen LogP contribution in [0.1, 0.15) is 19.8 Å². The molecule has 8 nitrogen and oxygen atoms in total. The van der Waals surface area contributed by atoms with Crippen LogP contribution in [0.2, 0.25) is 0 Å². The molecular weight excluding hydrogens is 352 g/mol. The molecule has 4 atom stereocenters. The first-order valence-corrected chi connectivity index (χ1v) is 9.11. The number of imide groups is 1. The van der Waals surface area contributed by atoms with Crippen LogP contribution in [0.15, 0.2) is 30.3 Å². The number of amides is 3. The minimum absolute atomic E-state index is 0.0478. The molecule has 4 saturated heterocycles. The van der Waals surface area contributed by atoms with Gasteiger partial charge < -0.3 is 14.4 Å². The van der Waals surface area contributed by atoms with Crippen LogP contribution in [0.3, 0.4) is 0 Å². The molecule has 4 fully saturated rings. The Hall–Kier alpha value is -2.74. The Morgan fingerprint density at radius 3 is 2.59 bits per heavy atom. The molecule has 3 amide bonds. The van der Waals surface area contributed by atoms with Gasteiger partial charge in [-0.1, -0.05) is 18.2 Å². The second-order valence-electron chi connectivity index (χ2n) is 7.27. The third-order valence-corrected chi connectivity index (χ3v) is 6.10. The van der Waals surface area contributed by atoms with Crippen molar-refractivity contribution in [2.24, 2.45) is 11.8 Å². The fourth-order valence-electron chi connectivity index (χ4n) is 5.16. The SMILES string of the molecule is CCOC(=O)[C@@]12O[C@]3(CCCN3C1=O)[C@@H]1C(=O)N(c3ccccc3)C(=O)[C@@H]12. The highest BCUT2D eigenvalue weighted by atomic mass is 16.6. The maximum atomic E-state index is 13.3. The molecule has 1 aromatic carbocycles. The van der Waals surface area contributed by atoms with Crippen LogP contribution < -0.4 is 4.90 Å². The van der Waals surface area contributed by atoms with Crippen LogP contribution in [-0.4, -0.2) is 53.1 Å². The van der Waals surface area contributed by atoms with Crippen LogP contribution in [0, 0.1) is 11.8 Å². The number of rotatable bonds is 3. The number of benzene rings is 1. The molecule has 8 heteroatoms. The summed E-state index contributed by atoms with van der Waals surface area (Å²) in [5.74, 6) is -4.54. The van der Waals surface area contributed by atoms with Gasteiger partial charge in [-0.05, 0) is 31.9 Å². The van der Waals surface area contributed by atoms with E-state index in [0.717, 1.165) is 4.90 Å². The molecule has 4 heterocycles. The van der Waals surface area contributed by atoms with Crippen molar-refractivity contribution in [1.82, 2.24) is 4.90 Å². The van der Waals surface area contributed by atoms with Gasteiger partial charge in [-0.15, -0.1) is 0 Å². The van der Waals surface area contributed by atoms with Crippen molar-refractivity contribution >= 4 is 29.4 Å². The second kappa shape index (κ2) is 5.16. The zero-order valence-corrected chi connectivity index (χ0v) is 14.7. The van der Waals surface area contributed by atoms with E-state index in [1.807, 2.05) is 0 Å². The van der Waals surface area contributed by atoms with Gasteiger partial charge in [-0.25, -0.2) is 9.69 Å². The quantitative estimate of drug-likeness (QED) is 0.436. The number of fused-ring (bicyclic) bond motifs is 3. The standard InChI is InChI=1S/C19H18N2O6/c1-2-26-17(25)19-13-12(18(27-19)9-6-10-20(18)16(19)24)14(22)21(15(13)23)11-7-4-3-5-8-11/h3-5,7-8,12-13H,2,6,9-10H2,1H3/t12-,13+,18+,19-/m0/s1. The molecule has 4 aliphatic heterocycles. The number of esters is 1. The lowest BCUT2D eigenvalue weighted by atomic mass is 9.74. The van der Waals surface area contributed by atoms with Gasteiger partial charge in [0.2, 0.25) is 11.8 Å². The van der Waals surface area contributed by atoms with Gasteiger partial charge >= 0.3 is 5.97 Å². The highest BCUT2D eigenvalue weighted by molar-refractivity contribution is 6.28. The molecule has 2 bridgehead atoms. The molecule has 0 N–H and O–H groups in total. The summed E-state index contributed by atoms with van der Waals surface area (Å²) in [6.07, 6.45) is 1.07. The van der Waals surface area contributed by atoms with Crippen LogP contribution in [0.5, 0.6) is 0 Å². The van der Waals surface area contributed by atoms with Gasteiger partial charge in [-0.3, -0.25) is 14.4 Å². The first kappa shape index (κ1) is 16.4. The van der Waals surface area contributed by atoms with E-state index < -0.39 is 46.9 Å². The van der Waals surface area contributed by atoms with Gasteiger partial charge in [0.1, 0.15) is 11.8 Å². The lowest BCUT2D eigenvalue weighted by molar-refractivity contribution is -0.176. The molecule has 27 heavy (non-hydrogen) atoms. The third kappa shape index (κ3) is 1.67. The smallest absolute Gasteiger partial charge is 0.349 e. The Labute approximate surface area is 155 Å². The Kier molecular flexibility index (Phi) is 3.14. The van der Waals surface area contributed by atoms with Crippen LogP contribution in [-0.2, 0) is 28.7 Å². The summed E-state index contributed by atoms with van der Waals surface area (Å²) in [7, 11) is 0. The minimum Gasteiger partial charge on any atom is -0.463 e. The van der Waals surface area contributed by atoms with Crippen LogP contribution in [0.25, 0.3) is 0 Å². The van der Waals surface area contributed by atoms with Crippen LogP contribution >= 0.6 is 0 Å². The number of hydrogen-bond donors (Lipinski definition) is 0. The summed E-state index contributed by atoms with van der Waals surface area (Å²) in [6.45, 7) is 2.07. The first-order chi connectivity index (χ1) is 13.0. The van der Waals surface area contributed by atoms with E-state index in [-0.39, 0.29) is 6.61 Å². The topological polar surface area (TPSA) is 93.2 Å². The minimum atomic E-state index is -2.06. The molecule has 0 aliphatic carbocycles. The molecule has 1 spiro atoms. The maximum Gasteiger partial charge on any atom is 0.349 e. The fourth-order valence-corrected chi connectivity index (χ4v) is 5.16. The second-order valence-corrected chi connectivity index (χ2v) is 7.27. The Morgan fingerprint density at radius 2 is 1.89 bits per heavy atom. The number of para-hydroxylation sites is 1. The van der Waals surface area contributed by atoms with Crippen molar-refractivity contribution < 1.29 is 28.7 Å². The lowest BCUT2D eigenvalue weighted by Crippen LogP contribution is -2.60. The number of piperidine rings is 1. The fraction of sp³-hybridized carbons (Fsp3) is 0.474. The number of hydrogen-bond acceptors (Lipinski definition) is 6. The highest BCUT2D eigenvalue weighted by Gasteiger charge is 2.86. The molecule has 4 aliphatic rings. The number of nitrogens with zero attached hydrogens (tertiary/aromatic N) is 2. The van der Waals surface area contributed by atoms with E-state index in [1.165, 1.54) is 4.90 Å². The summed E-state index contributed by atoms with van der Waals surface area (Å²) in [5.41, 5.74) is -2.86. The number of anilines is 1. The summed E-state index contributed by atoms with van der Waals surface area (Å²) < 4.78 is 11.1. The summed E-state index contributed by atoms with van der Waals surface area (Å²) in [4.78, 5) is 55.1. The monoisotopic (exact) mass is 370 g/mol. The number of carbonyl (C=O) groups excluding carboxylic acids is 4. The van der Waals surface area contributed by atoms with E-state index >= 15 is 0 Å². The normalized spacial score (nSPS) is 36.4. The van der Waals surface area contributed by atoms with Crippen LogP contribution in [0.4, 0.5) is 5.69 Å². The van der Waals surface area contributed by atoms with Gasteiger partial charge in [-0.2, -0.15) is 0 Å². The molecule has 0 saturated carbocycles. The Morgan fingerprint density at radius 1 is 1.19 bits per heavy atom. The van der Waals surface area contributed by atoms with Crippen molar-refractivity contribution in [2.45, 2.75) is 31.1 Å². The number of carbonyl (C=O) groups is 4. The molecule has 0 aromatic heterocycles. The van der Waals surface area contributed by atoms with E-state index in [2.05, 4.69) is 0 Å². The zero-order chi connectivity index (χ0) is 19.0. The van der Waals surface area contributed by atoms with Crippen molar-refractivity contribution in [3.8, 4) is 0 Å². The van der Waals surface area contributed by atoms with Crippen molar-refractivity contribution in [3.63, 3.8) is 0 Å². The molecule has 140 valence electrons. The molecule has 0 radical (unpaired) electrons. The predicted octanol–water partition coefficient (Wildman–Crippen LogP) is 0.457. The van der Waals surface area contributed by atoms with Gasteiger partial charge in [0.15, 0.2) is 5.72 Å². The maximum absolute atomic E-state index is 13.3. The van der Waals surface area contributed by atoms with Gasteiger partial charge in [0.25, 0.3) is 11.5 Å². The van der Waals surface area contributed by atoms with Crippen molar-refractivity contribution in [3.05, 3.63) is 30.3 Å². The van der Waals surface area contributed by atoms with E-state index in [1.54, 1.807) is 37.3 Å². The average Bonchev–Trinajstić information content (AvgIpc) is 3.35. The Bertz CT molecular complexity index is 885. The third-order valence-electron chi connectivity index (χ3n) is 6.10. The predicted molar refractivity (Wildman–Crippen MR) is 90.0 cm³/mol. The van der Waals surface area contributed by atoms with E-state index in [0.29, 0.717) is 25.1 Å². The van der Waals surface area contributed by atoms with Gasteiger partial charge in [0.05, 0.1) is 12.3 Å².